The molecule has 6 heteroatoms. The number of benzene rings is 1. The van der Waals surface area contributed by atoms with E-state index in [1.165, 1.54) is 4.90 Å². The van der Waals surface area contributed by atoms with E-state index in [1.54, 1.807) is 12.1 Å². The van der Waals surface area contributed by atoms with Crippen molar-refractivity contribution in [2.75, 3.05) is 13.2 Å². The number of ether oxygens (including phenoxy) is 1. The van der Waals surface area contributed by atoms with Crippen LogP contribution in [0.4, 0.5) is 0 Å². The first-order chi connectivity index (χ1) is 13.4. The van der Waals surface area contributed by atoms with E-state index >= 15 is 0 Å². The molecule has 1 aromatic carbocycles. The van der Waals surface area contributed by atoms with Gasteiger partial charge >= 0.3 is 5.97 Å². The fraction of sp³-hybridized carbons (Fsp3) is 0.545. The third-order valence-corrected chi connectivity index (χ3v) is 6.75. The molecule has 4 atom stereocenters. The highest BCUT2D eigenvalue weighted by Gasteiger charge is 2.60. The molecule has 2 amide bonds. The Morgan fingerprint density at radius 2 is 1.68 bits per heavy atom. The van der Waals surface area contributed by atoms with Crippen molar-refractivity contribution in [1.82, 2.24) is 4.90 Å². The van der Waals surface area contributed by atoms with Crippen molar-refractivity contribution in [1.29, 1.82) is 0 Å². The van der Waals surface area contributed by atoms with E-state index in [0.717, 1.165) is 30.4 Å². The minimum atomic E-state index is -0.571. The maximum atomic E-state index is 12.6. The van der Waals surface area contributed by atoms with Gasteiger partial charge in [0.2, 0.25) is 11.8 Å². The lowest BCUT2D eigenvalue weighted by Gasteiger charge is -2.19. The lowest BCUT2D eigenvalue weighted by molar-refractivity contribution is -0.145. The Morgan fingerprint density at radius 1 is 1.04 bits per heavy atom. The normalized spacial score (nSPS) is 28.0. The van der Waals surface area contributed by atoms with E-state index in [9.17, 15) is 19.2 Å². The molecule has 6 nitrogen and oxygen atoms in total. The highest BCUT2D eigenvalue weighted by molar-refractivity contribution is 6.06. The van der Waals surface area contributed by atoms with E-state index < -0.39 is 5.97 Å². The van der Waals surface area contributed by atoms with Crippen LogP contribution in [0, 0.1) is 37.5 Å². The van der Waals surface area contributed by atoms with Crippen LogP contribution in [0.1, 0.15) is 47.2 Å². The fourth-order valence-electron chi connectivity index (χ4n) is 5.11. The molecular weight excluding hydrogens is 358 g/mol. The first-order valence-electron chi connectivity index (χ1n) is 9.98. The number of aryl methyl sites for hydroxylation is 2. The molecule has 1 aliphatic heterocycles. The lowest BCUT2D eigenvalue weighted by atomic mass is 9.81. The number of carbonyl (C=O) groups excluding carboxylic acids is 4. The molecule has 4 rings (SSSR count). The molecule has 28 heavy (non-hydrogen) atoms. The third kappa shape index (κ3) is 3.15. The minimum absolute atomic E-state index is 0.0424. The lowest BCUT2D eigenvalue weighted by Crippen LogP contribution is -2.35. The number of fused-ring (bicyclic) bond motifs is 5. The van der Waals surface area contributed by atoms with Gasteiger partial charge in [0.25, 0.3) is 0 Å². The average molecular weight is 383 g/mol. The molecule has 0 radical (unpaired) electrons. The number of amides is 2. The maximum Gasteiger partial charge on any atom is 0.308 e. The van der Waals surface area contributed by atoms with Crippen molar-refractivity contribution in [2.24, 2.45) is 23.7 Å². The van der Waals surface area contributed by atoms with Crippen LogP contribution in [0.15, 0.2) is 18.2 Å². The SMILES string of the molecule is Cc1ccc(C(=O)COC(=O)CCN2C(=O)[C@H]3[C@@H]4CC[C@@H](C4)[C@@H]3C2=O)cc1C. The van der Waals surface area contributed by atoms with Gasteiger partial charge in [0, 0.05) is 12.1 Å². The Morgan fingerprint density at radius 3 is 2.29 bits per heavy atom. The van der Waals surface area contributed by atoms with E-state index in [2.05, 4.69) is 0 Å². The molecule has 3 aliphatic rings. The van der Waals surface area contributed by atoms with Gasteiger partial charge in [-0.05, 0) is 62.1 Å². The van der Waals surface area contributed by atoms with E-state index in [-0.39, 0.29) is 49.0 Å². The monoisotopic (exact) mass is 383 g/mol. The molecule has 2 saturated carbocycles. The molecule has 1 saturated heterocycles. The van der Waals surface area contributed by atoms with Gasteiger partial charge in [-0.25, -0.2) is 0 Å². The molecule has 1 heterocycles. The molecular formula is C22H25NO5. The molecule has 0 N–H and O–H groups in total. The molecule has 148 valence electrons. The number of imide groups is 1. The molecule has 2 aliphatic carbocycles. The van der Waals surface area contributed by atoms with Crippen LogP contribution in [0.25, 0.3) is 0 Å². The van der Waals surface area contributed by atoms with Gasteiger partial charge in [-0.2, -0.15) is 0 Å². The first kappa shape index (κ1) is 18.8. The second-order valence-electron chi connectivity index (χ2n) is 8.35. The molecule has 3 fully saturated rings. The number of likely N-dealkylation sites (tertiary alicyclic amines) is 1. The number of hydrogen-bond acceptors (Lipinski definition) is 5. The standard InChI is InChI=1S/C22H25NO5/c1-12-3-4-14(9-13(12)2)17(24)11-28-18(25)7-8-23-21(26)19-15-5-6-16(10-15)20(19)22(23)27/h3-4,9,15-16,19-20H,5-8,10-11H2,1-2H3/t15-,16+,19-,20-/m0/s1. The van der Waals surface area contributed by atoms with Gasteiger partial charge in [0.1, 0.15) is 0 Å². The summed E-state index contributed by atoms with van der Waals surface area (Å²) in [5.74, 6) is -0.767. The molecule has 0 unspecified atom stereocenters. The molecule has 0 spiro atoms. The Labute approximate surface area is 164 Å². The van der Waals surface area contributed by atoms with Crippen LogP contribution in [0.3, 0.4) is 0 Å². The topological polar surface area (TPSA) is 80.8 Å². The van der Waals surface area contributed by atoms with Crippen molar-refractivity contribution < 1.29 is 23.9 Å². The van der Waals surface area contributed by atoms with Gasteiger partial charge in [0.05, 0.1) is 18.3 Å². The van der Waals surface area contributed by atoms with Crippen molar-refractivity contribution in [3.63, 3.8) is 0 Å². The first-order valence-corrected chi connectivity index (χ1v) is 9.98. The summed E-state index contributed by atoms with van der Waals surface area (Å²) in [4.78, 5) is 50.7. The Bertz CT molecular complexity index is 832. The van der Waals surface area contributed by atoms with Gasteiger partial charge < -0.3 is 4.74 Å². The molecule has 2 bridgehead atoms. The predicted octanol–water partition coefficient (Wildman–Crippen LogP) is 2.45. The van der Waals surface area contributed by atoms with Crippen LogP contribution in [-0.2, 0) is 19.1 Å². The second-order valence-corrected chi connectivity index (χ2v) is 8.35. The van der Waals surface area contributed by atoms with Gasteiger partial charge in [-0.15, -0.1) is 0 Å². The Hall–Kier alpha value is -2.50. The number of carbonyl (C=O) groups is 4. The summed E-state index contributed by atoms with van der Waals surface area (Å²) in [7, 11) is 0. The van der Waals surface area contributed by atoms with Crippen molar-refractivity contribution in [3.05, 3.63) is 34.9 Å². The number of hydrogen-bond donors (Lipinski definition) is 0. The van der Waals surface area contributed by atoms with Crippen molar-refractivity contribution >= 4 is 23.6 Å². The van der Waals surface area contributed by atoms with Gasteiger partial charge in [-0.3, -0.25) is 24.1 Å². The number of ketones is 1. The third-order valence-electron chi connectivity index (χ3n) is 6.75. The summed E-state index contributed by atoms with van der Waals surface area (Å²) in [6.07, 6.45) is 2.97. The number of Topliss-reactive ketones (excluding diaryl/α,β-unsaturated/α-hetero) is 1. The zero-order valence-electron chi connectivity index (χ0n) is 16.3. The van der Waals surface area contributed by atoms with Crippen molar-refractivity contribution in [3.8, 4) is 0 Å². The number of esters is 1. The Balaban J connectivity index is 1.28. The van der Waals surface area contributed by atoms with Gasteiger partial charge in [0.15, 0.2) is 12.4 Å². The van der Waals surface area contributed by atoms with E-state index in [4.69, 9.17) is 4.74 Å². The number of rotatable bonds is 6. The van der Waals surface area contributed by atoms with E-state index in [0.29, 0.717) is 17.4 Å². The zero-order chi connectivity index (χ0) is 20.0. The Kier molecular flexibility index (Phi) is 4.81. The summed E-state index contributed by atoms with van der Waals surface area (Å²) in [5, 5.41) is 0. The van der Waals surface area contributed by atoms with Crippen LogP contribution in [0.5, 0.6) is 0 Å². The van der Waals surface area contributed by atoms with E-state index in [1.807, 2.05) is 19.9 Å². The minimum Gasteiger partial charge on any atom is -0.457 e. The van der Waals surface area contributed by atoms with Crippen LogP contribution in [-0.4, -0.2) is 41.6 Å². The molecule has 1 aromatic rings. The summed E-state index contributed by atoms with van der Waals surface area (Å²) in [5.41, 5.74) is 2.60. The quantitative estimate of drug-likeness (QED) is 0.428. The zero-order valence-corrected chi connectivity index (χ0v) is 16.3. The smallest absolute Gasteiger partial charge is 0.308 e. The number of nitrogens with zero attached hydrogens (tertiary/aromatic N) is 1. The predicted molar refractivity (Wildman–Crippen MR) is 100 cm³/mol. The molecule has 0 aromatic heterocycles. The van der Waals surface area contributed by atoms with Gasteiger partial charge in [-0.1, -0.05) is 12.1 Å². The summed E-state index contributed by atoms with van der Waals surface area (Å²) in [6.45, 7) is 3.59. The second kappa shape index (κ2) is 7.15. The van der Waals surface area contributed by atoms with Crippen LogP contribution in [0.2, 0.25) is 0 Å². The highest BCUT2D eigenvalue weighted by atomic mass is 16.5. The maximum absolute atomic E-state index is 12.6. The van der Waals surface area contributed by atoms with Crippen LogP contribution >= 0.6 is 0 Å². The summed E-state index contributed by atoms with van der Waals surface area (Å²) in [6, 6.07) is 5.35. The fourth-order valence-corrected chi connectivity index (χ4v) is 5.11. The summed E-state index contributed by atoms with van der Waals surface area (Å²) < 4.78 is 5.07. The highest BCUT2D eigenvalue weighted by Crippen LogP contribution is 2.56. The largest absolute Gasteiger partial charge is 0.457 e. The summed E-state index contributed by atoms with van der Waals surface area (Å²) >= 11 is 0. The average Bonchev–Trinajstić information content (AvgIpc) is 3.35. The van der Waals surface area contributed by atoms with Crippen LogP contribution < -0.4 is 0 Å². The van der Waals surface area contributed by atoms with Crippen molar-refractivity contribution in [2.45, 2.75) is 39.5 Å².